The third-order valence-electron chi connectivity index (χ3n) is 3.14. The minimum Gasteiger partial charge on any atom is -0.378 e. The van der Waals surface area contributed by atoms with Gasteiger partial charge in [-0.05, 0) is 60.6 Å². The molecule has 21 heavy (non-hydrogen) atoms. The van der Waals surface area contributed by atoms with Gasteiger partial charge in [0.25, 0.3) is 0 Å². The van der Waals surface area contributed by atoms with Gasteiger partial charge in [0, 0.05) is 20.4 Å². The SMILES string of the molecule is CNS(=O)(=O)c1cc(NC(C)c2cc(Br)cs2)ccc1C. The highest BCUT2D eigenvalue weighted by Gasteiger charge is 2.16. The summed E-state index contributed by atoms with van der Waals surface area (Å²) < 4.78 is 27.4. The predicted molar refractivity (Wildman–Crippen MR) is 91.5 cm³/mol. The smallest absolute Gasteiger partial charge is 0.240 e. The average Bonchev–Trinajstić information content (AvgIpc) is 2.87. The molecule has 4 nitrogen and oxygen atoms in total. The van der Waals surface area contributed by atoms with Gasteiger partial charge in [0.1, 0.15) is 0 Å². The lowest BCUT2D eigenvalue weighted by atomic mass is 10.2. The van der Waals surface area contributed by atoms with Gasteiger partial charge >= 0.3 is 0 Å². The molecule has 2 N–H and O–H groups in total. The van der Waals surface area contributed by atoms with E-state index in [1.54, 1.807) is 24.3 Å². The Balaban J connectivity index is 2.28. The van der Waals surface area contributed by atoms with E-state index >= 15 is 0 Å². The number of halogens is 1. The van der Waals surface area contributed by atoms with E-state index < -0.39 is 10.0 Å². The van der Waals surface area contributed by atoms with Gasteiger partial charge in [0.2, 0.25) is 10.0 Å². The van der Waals surface area contributed by atoms with Crippen LogP contribution < -0.4 is 10.0 Å². The van der Waals surface area contributed by atoms with Crippen LogP contribution in [-0.4, -0.2) is 15.5 Å². The second-order valence-electron chi connectivity index (χ2n) is 4.72. The van der Waals surface area contributed by atoms with E-state index in [1.165, 1.54) is 11.9 Å². The highest BCUT2D eigenvalue weighted by Crippen LogP contribution is 2.29. The van der Waals surface area contributed by atoms with Crippen molar-refractivity contribution in [3.8, 4) is 0 Å². The number of hydrogen-bond donors (Lipinski definition) is 2. The van der Waals surface area contributed by atoms with Crippen LogP contribution in [0.4, 0.5) is 5.69 Å². The molecule has 2 rings (SSSR count). The van der Waals surface area contributed by atoms with Crippen molar-refractivity contribution in [2.45, 2.75) is 24.8 Å². The minimum atomic E-state index is -3.44. The van der Waals surface area contributed by atoms with Crippen LogP contribution in [0.2, 0.25) is 0 Å². The van der Waals surface area contributed by atoms with Crippen molar-refractivity contribution in [2.75, 3.05) is 12.4 Å². The summed E-state index contributed by atoms with van der Waals surface area (Å²) in [6.07, 6.45) is 0. The van der Waals surface area contributed by atoms with Crippen LogP contribution in [0.15, 0.2) is 39.0 Å². The van der Waals surface area contributed by atoms with Gasteiger partial charge in [-0.15, -0.1) is 11.3 Å². The topological polar surface area (TPSA) is 58.2 Å². The van der Waals surface area contributed by atoms with Crippen molar-refractivity contribution in [3.05, 3.63) is 44.6 Å². The van der Waals surface area contributed by atoms with E-state index in [2.05, 4.69) is 32.0 Å². The van der Waals surface area contributed by atoms with Gasteiger partial charge in [-0.1, -0.05) is 6.07 Å². The summed E-state index contributed by atoms with van der Waals surface area (Å²) in [6, 6.07) is 7.53. The maximum Gasteiger partial charge on any atom is 0.240 e. The number of thiophene rings is 1. The van der Waals surface area contributed by atoms with E-state index in [1.807, 2.05) is 24.4 Å². The Morgan fingerprint density at radius 2 is 2.00 bits per heavy atom. The predicted octanol–water partition coefficient (Wildman–Crippen LogP) is 3.90. The molecule has 1 aromatic carbocycles. The normalized spacial score (nSPS) is 13.1. The Kier molecular flexibility index (Phi) is 5.08. The molecule has 1 aromatic heterocycles. The van der Waals surface area contributed by atoms with E-state index in [4.69, 9.17) is 0 Å². The Labute approximate surface area is 137 Å². The minimum absolute atomic E-state index is 0.106. The van der Waals surface area contributed by atoms with Crippen LogP contribution in [0.1, 0.15) is 23.4 Å². The third-order valence-corrected chi connectivity index (χ3v) is 6.58. The number of sulfonamides is 1. The molecule has 0 aliphatic rings. The van der Waals surface area contributed by atoms with Gasteiger partial charge in [-0.3, -0.25) is 0 Å². The van der Waals surface area contributed by atoms with Gasteiger partial charge < -0.3 is 5.32 Å². The quantitative estimate of drug-likeness (QED) is 0.816. The van der Waals surface area contributed by atoms with Crippen LogP contribution in [0.25, 0.3) is 0 Å². The van der Waals surface area contributed by atoms with E-state index in [9.17, 15) is 8.42 Å². The van der Waals surface area contributed by atoms with Gasteiger partial charge in [0.15, 0.2) is 0 Å². The molecule has 0 fully saturated rings. The summed E-state index contributed by atoms with van der Waals surface area (Å²) in [5, 5.41) is 5.36. The number of hydrogen-bond acceptors (Lipinski definition) is 4. The average molecular weight is 389 g/mol. The number of rotatable bonds is 5. The lowest BCUT2D eigenvalue weighted by Crippen LogP contribution is -2.20. The Hall–Kier alpha value is -0.890. The first-order chi connectivity index (χ1) is 9.83. The lowest BCUT2D eigenvalue weighted by molar-refractivity contribution is 0.587. The molecular weight excluding hydrogens is 372 g/mol. The number of anilines is 1. The standard InChI is InChI=1S/C14H17BrN2O2S2/c1-9-4-5-12(7-14(9)21(18,19)16-3)17-10(2)13-6-11(15)8-20-13/h4-8,10,16-17H,1-3H3. The summed E-state index contributed by atoms with van der Waals surface area (Å²) >= 11 is 5.09. The summed E-state index contributed by atoms with van der Waals surface area (Å²) in [4.78, 5) is 1.48. The van der Waals surface area contributed by atoms with E-state index in [-0.39, 0.29) is 6.04 Å². The highest BCUT2D eigenvalue weighted by molar-refractivity contribution is 9.10. The molecule has 0 spiro atoms. The maximum absolute atomic E-state index is 12.0. The molecular formula is C14H17BrN2O2S2. The lowest BCUT2D eigenvalue weighted by Gasteiger charge is -2.15. The first-order valence-corrected chi connectivity index (χ1v) is 9.53. The van der Waals surface area contributed by atoms with Crippen LogP contribution in [0.5, 0.6) is 0 Å². The molecule has 1 unspecified atom stereocenters. The molecule has 0 saturated carbocycles. The summed E-state index contributed by atoms with van der Waals surface area (Å²) in [6.45, 7) is 3.83. The Morgan fingerprint density at radius 1 is 1.29 bits per heavy atom. The van der Waals surface area contributed by atoms with Crippen molar-refractivity contribution >= 4 is 43.0 Å². The highest BCUT2D eigenvalue weighted by atomic mass is 79.9. The molecule has 0 saturated heterocycles. The fourth-order valence-corrected chi connectivity index (χ4v) is 4.41. The van der Waals surface area contributed by atoms with E-state index in [0.29, 0.717) is 4.90 Å². The summed E-state index contributed by atoms with van der Waals surface area (Å²) in [7, 11) is -2.03. The van der Waals surface area contributed by atoms with Gasteiger partial charge in [0.05, 0.1) is 10.9 Å². The molecule has 1 heterocycles. The van der Waals surface area contributed by atoms with Crippen LogP contribution >= 0.6 is 27.3 Å². The molecule has 114 valence electrons. The summed E-state index contributed by atoms with van der Waals surface area (Å²) in [5.41, 5.74) is 1.51. The first kappa shape index (κ1) is 16.5. The van der Waals surface area contributed by atoms with Crippen LogP contribution in [-0.2, 0) is 10.0 Å². The Morgan fingerprint density at radius 3 is 2.57 bits per heavy atom. The van der Waals surface area contributed by atoms with E-state index in [0.717, 1.165) is 15.7 Å². The molecule has 1 atom stereocenters. The van der Waals surface area contributed by atoms with Gasteiger partial charge in [-0.2, -0.15) is 0 Å². The van der Waals surface area contributed by atoms with Crippen molar-refractivity contribution in [2.24, 2.45) is 0 Å². The monoisotopic (exact) mass is 388 g/mol. The van der Waals surface area contributed by atoms with Crippen molar-refractivity contribution in [3.63, 3.8) is 0 Å². The Bertz CT molecular complexity index is 741. The largest absolute Gasteiger partial charge is 0.378 e. The third kappa shape index (κ3) is 3.85. The number of nitrogens with one attached hydrogen (secondary N) is 2. The fourth-order valence-electron chi connectivity index (χ4n) is 1.97. The first-order valence-electron chi connectivity index (χ1n) is 6.38. The molecule has 0 aliphatic carbocycles. The second-order valence-corrected chi connectivity index (χ2v) is 8.43. The van der Waals surface area contributed by atoms with Crippen molar-refractivity contribution in [1.29, 1.82) is 0 Å². The molecule has 2 aromatic rings. The van der Waals surface area contributed by atoms with Crippen molar-refractivity contribution in [1.82, 2.24) is 4.72 Å². The number of benzene rings is 1. The van der Waals surface area contributed by atoms with Crippen molar-refractivity contribution < 1.29 is 8.42 Å². The number of aryl methyl sites for hydroxylation is 1. The van der Waals surface area contributed by atoms with Crippen LogP contribution in [0, 0.1) is 6.92 Å². The van der Waals surface area contributed by atoms with Crippen LogP contribution in [0.3, 0.4) is 0 Å². The maximum atomic E-state index is 12.0. The zero-order valence-corrected chi connectivity index (χ0v) is 15.2. The fraction of sp³-hybridized carbons (Fsp3) is 0.286. The molecule has 0 aliphatic heterocycles. The molecule has 7 heteroatoms. The molecule has 0 radical (unpaired) electrons. The molecule has 0 bridgehead atoms. The zero-order valence-electron chi connectivity index (χ0n) is 12.0. The zero-order chi connectivity index (χ0) is 15.6. The molecule has 0 amide bonds. The summed E-state index contributed by atoms with van der Waals surface area (Å²) in [5.74, 6) is 0. The second kappa shape index (κ2) is 6.48. The van der Waals surface area contributed by atoms with Gasteiger partial charge in [-0.25, -0.2) is 13.1 Å².